The van der Waals surface area contributed by atoms with Gasteiger partial charge in [-0.2, -0.15) is 8.78 Å². The van der Waals surface area contributed by atoms with Crippen LogP contribution in [-0.2, 0) is 12.5 Å². The summed E-state index contributed by atoms with van der Waals surface area (Å²) in [7, 11) is 0. The molecule has 34 heavy (non-hydrogen) atoms. The van der Waals surface area contributed by atoms with Crippen molar-refractivity contribution in [3.8, 4) is 12.3 Å². The average Bonchev–Trinajstić information content (AvgIpc) is 3.30. The first-order valence-electron chi connectivity index (χ1n) is 10.9. The first-order chi connectivity index (χ1) is 16.5. The third kappa shape index (κ3) is 3.37. The van der Waals surface area contributed by atoms with E-state index in [0.29, 0.717) is 30.0 Å². The molecule has 2 aromatic carbocycles. The molecule has 4 heterocycles. The molecule has 0 saturated carbocycles. The number of hydrogen-bond acceptors (Lipinski definition) is 7. The second-order valence-corrected chi connectivity index (χ2v) is 8.54. The van der Waals surface area contributed by atoms with E-state index in [1.165, 1.54) is 16.8 Å². The Balaban J connectivity index is 1.50. The molecular weight excluding hydrogens is 438 g/mol. The molecular formula is C24H20F2N8. The summed E-state index contributed by atoms with van der Waals surface area (Å²) in [5.74, 6) is -0.994. The first-order valence-corrected chi connectivity index (χ1v) is 10.9. The smallest absolute Gasteiger partial charge is 0.331 e. The van der Waals surface area contributed by atoms with Gasteiger partial charge in [-0.15, -0.1) is 11.5 Å². The second-order valence-electron chi connectivity index (χ2n) is 8.54. The van der Waals surface area contributed by atoms with Crippen LogP contribution in [0.1, 0.15) is 28.9 Å². The number of halogens is 2. The van der Waals surface area contributed by atoms with E-state index >= 15 is 8.78 Å². The van der Waals surface area contributed by atoms with Gasteiger partial charge in [0.25, 0.3) is 0 Å². The molecule has 2 aliphatic heterocycles. The Bertz CT molecular complexity index is 1420. The van der Waals surface area contributed by atoms with Crippen molar-refractivity contribution in [2.75, 3.05) is 18.0 Å². The maximum absolute atomic E-state index is 15.6. The van der Waals surface area contributed by atoms with Crippen molar-refractivity contribution in [1.82, 2.24) is 35.8 Å². The third-order valence-electron chi connectivity index (χ3n) is 6.30. The van der Waals surface area contributed by atoms with Crippen LogP contribution < -0.4 is 15.8 Å². The Kier molecular flexibility index (Phi) is 4.58. The number of benzene rings is 2. The summed E-state index contributed by atoms with van der Waals surface area (Å²) in [6.07, 6.45) is 6.45. The first kappa shape index (κ1) is 20.7. The molecule has 0 unspecified atom stereocenters. The van der Waals surface area contributed by atoms with Crippen molar-refractivity contribution in [2.24, 2.45) is 0 Å². The highest BCUT2D eigenvalue weighted by Gasteiger charge is 2.49. The van der Waals surface area contributed by atoms with Crippen molar-refractivity contribution >= 4 is 17.0 Å². The largest absolute Gasteiger partial charge is 0.351 e. The van der Waals surface area contributed by atoms with Gasteiger partial charge in [-0.1, -0.05) is 59.7 Å². The van der Waals surface area contributed by atoms with Crippen LogP contribution in [-0.4, -0.2) is 43.7 Å². The number of alkyl halides is 2. The van der Waals surface area contributed by atoms with Crippen LogP contribution in [0.5, 0.6) is 0 Å². The van der Waals surface area contributed by atoms with Crippen LogP contribution in [0.2, 0.25) is 0 Å². The fourth-order valence-corrected chi connectivity index (χ4v) is 4.33. The molecule has 2 N–H and O–H groups in total. The lowest BCUT2D eigenvalue weighted by atomic mass is 10.1. The van der Waals surface area contributed by atoms with Crippen LogP contribution in [0.4, 0.5) is 14.6 Å². The number of fused-ring (bicyclic) bond motifs is 1. The molecule has 10 heteroatoms. The minimum Gasteiger partial charge on any atom is -0.351 e. The van der Waals surface area contributed by atoms with Gasteiger partial charge in [-0.25, -0.2) is 25.5 Å². The van der Waals surface area contributed by atoms with Crippen molar-refractivity contribution in [3.63, 3.8) is 0 Å². The van der Waals surface area contributed by atoms with E-state index in [-0.39, 0.29) is 23.4 Å². The Hall–Kier alpha value is -3.94. The SMILES string of the molecule is C#Cc1ccccc1Cn1nnc2c(N3CCC4(C3)NN4)nc(C(F)(F)c3ccccc3)nc21. The van der Waals surface area contributed by atoms with Crippen LogP contribution in [0.25, 0.3) is 11.2 Å². The Labute approximate surface area is 194 Å². The fraction of sp³-hybridized carbons (Fsp3) is 0.250. The lowest BCUT2D eigenvalue weighted by Crippen LogP contribution is -2.28. The molecule has 0 amide bonds. The van der Waals surface area contributed by atoms with Crippen molar-refractivity contribution in [1.29, 1.82) is 0 Å². The zero-order valence-electron chi connectivity index (χ0n) is 18.0. The maximum atomic E-state index is 15.6. The minimum atomic E-state index is -3.40. The predicted octanol–water partition coefficient (Wildman–Crippen LogP) is 2.41. The van der Waals surface area contributed by atoms with Gasteiger partial charge in [0, 0.05) is 24.1 Å². The van der Waals surface area contributed by atoms with Gasteiger partial charge in [-0.05, 0) is 11.6 Å². The Morgan fingerprint density at radius 1 is 1.06 bits per heavy atom. The average molecular weight is 458 g/mol. The van der Waals surface area contributed by atoms with Gasteiger partial charge in [0.05, 0.1) is 13.1 Å². The van der Waals surface area contributed by atoms with E-state index in [1.54, 1.807) is 18.2 Å². The molecule has 4 aromatic rings. The zero-order chi connectivity index (χ0) is 23.3. The molecule has 6 rings (SSSR count). The van der Waals surface area contributed by atoms with Gasteiger partial charge >= 0.3 is 5.92 Å². The van der Waals surface area contributed by atoms with Gasteiger partial charge in [-0.3, -0.25) is 0 Å². The number of terminal acetylenes is 1. The van der Waals surface area contributed by atoms with E-state index in [9.17, 15) is 0 Å². The molecule has 2 aromatic heterocycles. The summed E-state index contributed by atoms with van der Waals surface area (Å²) in [6.45, 7) is 1.45. The molecule has 8 nitrogen and oxygen atoms in total. The number of nitrogens with one attached hydrogen (secondary N) is 2. The molecule has 0 bridgehead atoms. The summed E-state index contributed by atoms with van der Waals surface area (Å²) in [5, 5.41) is 8.53. The minimum absolute atomic E-state index is 0.180. The predicted molar refractivity (Wildman–Crippen MR) is 122 cm³/mol. The Morgan fingerprint density at radius 2 is 1.82 bits per heavy atom. The van der Waals surface area contributed by atoms with E-state index in [0.717, 1.165) is 12.0 Å². The number of hydrazine groups is 1. The van der Waals surface area contributed by atoms with Crippen LogP contribution >= 0.6 is 0 Å². The Morgan fingerprint density at radius 3 is 2.56 bits per heavy atom. The summed E-state index contributed by atoms with van der Waals surface area (Å²) < 4.78 is 32.7. The molecule has 2 saturated heterocycles. The van der Waals surface area contributed by atoms with E-state index in [4.69, 9.17) is 6.42 Å². The lowest BCUT2D eigenvalue weighted by Gasteiger charge is -2.20. The summed E-state index contributed by atoms with van der Waals surface area (Å²) >= 11 is 0. The van der Waals surface area contributed by atoms with Crippen molar-refractivity contribution < 1.29 is 8.78 Å². The highest BCUT2D eigenvalue weighted by Crippen LogP contribution is 2.37. The monoisotopic (exact) mass is 458 g/mol. The third-order valence-corrected chi connectivity index (χ3v) is 6.30. The normalized spacial score (nSPS) is 16.8. The van der Waals surface area contributed by atoms with Gasteiger partial charge < -0.3 is 4.90 Å². The van der Waals surface area contributed by atoms with E-state index in [2.05, 4.69) is 37.1 Å². The van der Waals surface area contributed by atoms with Crippen LogP contribution in [0, 0.1) is 12.3 Å². The fourth-order valence-electron chi connectivity index (χ4n) is 4.33. The standard InChI is InChI=1S/C24H20F2N8/c1-2-16-8-6-7-9-17(16)14-34-21-19(29-32-34)20(33-13-12-23(15-33)30-31-23)27-22(28-21)24(25,26)18-10-4-3-5-11-18/h1,3-11,30-31H,12-15H2. The molecule has 1 spiro atoms. The zero-order valence-corrected chi connectivity index (χ0v) is 18.0. The van der Waals surface area contributed by atoms with Gasteiger partial charge in [0.2, 0.25) is 5.82 Å². The van der Waals surface area contributed by atoms with Crippen LogP contribution in [0.15, 0.2) is 54.6 Å². The quantitative estimate of drug-likeness (QED) is 0.350. The number of anilines is 1. The van der Waals surface area contributed by atoms with Crippen LogP contribution in [0.3, 0.4) is 0 Å². The highest BCUT2D eigenvalue weighted by molar-refractivity contribution is 5.83. The van der Waals surface area contributed by atoms with Crippen molar-refractivity contribution in [2.45, 2.75) is 24.6 Å². The number of aromatic nitrogens is 5. The molecule has 0 atom stereocenters. The molecule has 170 valence electrons. The second kappa shape index (κ2) is 7.55. The van der Waals surface area contributed by atoms with Crippen molar-refractivity contribution in [3.05, 3.63) is 77.1 Å². The number of rotatable bonds is 5. The maximum Gasteiger partial charge on any atom is 0.331 e. The van der Waals surface area contributed by atoms with E-state index in [1.807, 2.05) is 29.2 Å². The number of hydrogen-bond donors (Lipinski definition) is 2. The molecule has 2 aliphatic rings. The molecule has 0 radical (unpaired) electrons. The molecule has 0 aliphatic carbocycles. The molecule has 2 fully saturated rings. The van der Waals surface area contributed by atoms with Gasteiger partial charge in [0.15, 0.2) is 17.0 Å². The highest BCUT2D eigenvalue weighted by atomic mass is 19.3. The summed E-state index contributed by atoms with van der Waals surface area (Å²) in [4.78, 5) is 10.6. The summed E-state index contributed by atoms with van der Waals surface area (Å²) in [5.41, 5.74) is 8.01. The summed E-state index contributed by atoms with van der Waals surface area (Å²) in [6, 6.07) is 15.0. The van der Waals surface area contributed by atoms with Gasteiger partial charge in [0.1, 0.15) is 5.66 Å². The number of nitrogens with zero attached hydrogens (tertiary/aromatic N) is 6. The lowest BCUT2D eigenvalue weighted by molar-refractivity contribution is 0.0332. The topological polar surface area (TPSA) is 104 Å². The van der Waals surface area contributed by atoms with E-state index < -0.39 is 11.7 Å².